The number of methoxy groups -OCH3 is 1. The molecule has 1 saturated carbocycles. The Balaban J connectivity index is 2.70. The Morgan fingerprint density at radius 1 is 1.42 bits per heavy atom. The van der Waals surface area contributed by atoms with E-state index in [1.165, 1.54) is 13.2 Å². The van der Waals surface area contributed by atoms with Crippen LogP contribution in [0.3, 0.4) is 0 Å². The normalized spacial score (nSPS) is 17.1. The van der Waals surface area contributed by atoms with Crippen molar-refractivity contribution < 1.29 is 18.3 Å². The van der Waals surface area contributed by atoms with Crippen LogP contribution in [-0.4, -0.2) is 13.2 Å². The van der Waals surface area contributed by atoms with Crippen molar-refractivity contribution in [3.63, 3.8) is 0 Å². The number of benzene rings is 1. The molecule has 1 aromatic carbocycles. The molecule has 0 saturated heterocycles. The van der Waals surface area contributed by atoms with Gasteiger partial charge in [0.1, 0.15) is 16.4 Å². The van der Waals surface area contributed by atoms with Crippen LogP contribution in [0.1, 0.15) is 31.2 Å². The molecule has 0 atom stereocenters. The van der Waals surface area contributed by atoms with E-state index in [1.807, 2.05) is 0 Å². The third-order valence-corrected chi connectivity index (χ3v) is 3.86. The maximum atomic E-state index is 13.9. The number of ether oxygens (including phenoxy) is 1. The molecule has 0 unspecified atom stereocenters. The lowest BCUT2D eigenvalue weighted by Crippen LogP contribution is -2.21. The Morgan fingerprint density at radius 3 is 2.58 bits per heavy atom. The summed E-state index contributed by atoms with van der Waals surface area (Å²) in [6, 6.07) is 1.09. The number of rotatable bonds is 3. The quantitative estimate of drug-likeness (QED) is 0.483. The lowest BCUT2D eigenvalue weighted by Gasteiger charge is -2.25. The molecule has 0 radical (unpaired) electrons. The van der Waals surface area contributed by atoms with Crippen molar-refractivity contribution in [3.05, 3.63) is 28.3 Å². The summed E-state index contributed by atoms with van der Waals surface area (Å²) in [5.74, 6) is -2.01. The molecule has 0 heterocycles. The van der Waals surface area contributed by atoms with Crippen molar-refractivity contribution in [1.82, 2.24) is 0 Å². The fourth-order valence-electron chi connectivity index (χ4n) is 2.61. The molecule has 1 aliphatic carbocycles. The van der Waals surface area contributed by atoms with E-state index in [0.29, 0.717) is 12.8 Å². The zero-order valence-corrected chi connectivity index (χ0v) is 11.1. The summed E-state index contributed by atoms with van der Waals surface area (Å²) in [4.78, 5) is 14.4. The molecule has 3 nitrogen and oxygen atoms in total. The second kappa shape index (κ2) is 5.27. The highest BCUT2D eigenvalue weighted by atomic mass is 35.5. The smallest absolute Gasteiger partial charge is 0.235 e. The van der Waals surface area contributed by atoms with Crippen molar-refractivity contribution in [1.29, 1.82) is 0 Å². The van der Waals surface area contributed by atoms with Crippen LogP contribution >= 0.6 is 11.6 Å². The van der Waals surface area contributed by atoms with E-state index in [9.17, 15) is 13.6 Å². The molecule has 0 N–H and O–H groups in total. The van der Waals surface area contributed by atoms with Gasteiger partial charge in [-0.05, 0) is 18.9 Å². The first-order valence-corrected chi connectivity index (χ1v) is 6.24. The zero-order chi connectivity index (χ0) is 14.0. The third kappa shape index (κ3) is 2.24. The second-order valence-electron chi connectivity index (χ2n) is 4.51. The molecule has 1 fully saturated rings. The van der Waals surface area contributed by atoms with Crippen LogP contribution in [0, 0.1) is 11.6 Å². The number of nitrogens with zero attached hydrogens (tertiary/aromatic N) is 1. The Bertz CT molecular complexity index is 550. The van der Waals surface area contributed by atoms with Gasteiger partial charge in [0, 0.05) is 5.56 Å². The van der Waals surface area contributed by atoms with E-state index in [2.05, 4.69) is 4.99 Å². The highest BCUT2D eigenvalue weighted by Crippen LogP contribution is 2.47. The minimum Gasteiger partial charge on any atom is -0.493 e. The Kier molecular flexibility index (Phi) is 3.88. The summed E-state index contributed by atoms with van der Waals surface area (Å²) in [5.41, 5.74) is -0.741. The van der Waals surface area contributed by atoms with Crippen molar-refractivity contribution in [2.45, 2.75) is 31.2 Å². The van der Waals surface area contributed by atoms with Crippen LogP contribution < -0.4 is 4.74 Å². The SMILES string of the molecule is COc1c(C2(N=C=O)CCCC2)cc(F)c(Cl)c1F. The first-order valence-electron chi connectivity index (χ1n) is 5.87. The lowest BCUT2D eigenvalue weighted by atomic mass is 9.88. The van der Waals surface area contributed by atoms with Gasteiger partial charge in [-0.2, -0.15) is 4.99 Å². The number of hydrogen-bond donors (Lipinski definition) is 0. The molecule has 0 amide bonds. The number of halogens is 3. The van der Waals surface area contributed by atoms with Crippen molar-refractivity contribution in [2.75, 3.05) is 7.11 Å². The van der Waals surface area contributed by atoms with Crippen LogP contribution in [0.25, 0.3) is 0 Å². The predicted octanol–water partition coefficient (Wildman–Crippen LogP) is 3.73. The van der Waals surface area contributed by atoms with E-state index < -0.39 is 22.2 Å². The van der Waals surface area contributed by atoms with Gasteiger partial charge in [-0.3, -0.25) is 0 Å². The van der Waals surface area contributed by atoms with Crippen LogP contribution in [0.2, 0.25) is 5.02 Å². The largest absolute Gasteiger partial charge is 0.493 e. The van der Waals surface area contributed by atoms with Crippen LogP contribution in [-0.2, 0) is 10.3 Å². The van der Waals surface area contributed by atoms with Gasteiger partial charge in [0.15, 0.2) is 11.6 Å². The fourth-order valence-corrected chi connectivity index (χ4v) is 2.75. The van der Waals surface area contributed by atoms with Gasteiger partial charge in [-0.1, -0.05) is 24.4 Å². The summed E-state index contributed by atoms with van der Waals surface area (Å²) in [6.45, 7) is 0. The molecule has 0 bridgehead atoms. The van der Waals surface area contributed by atoms with Crippen molar-refractivity contribution in [2.24, 2.45) is 4.99 Å². The Morgan fingerprint density at radius 2 is 2.05 bits per heavy atom. The van der Waals surface area contributed by atoms with E-state index in [1.54, 1.807) is 0 Å². The van der Waals surface area contributed by atoms with Gasteiger partial charge in [0.2, 0.25) is 6.08 Å². The van der Waals surface area contributed by atoms with Gasteiger partial charge in [0.25, 0.3) is 0 Å². The van der Waals surface area contributed by atoms with Crippen molar-refractivity contribution >= 4 is 17.7 Å². The van der Waals surface area contributed by atoms with E-state index in [0.717, 1.165) is 18.9 Å². The second-order valence-corrected chi connectivity index (χ2v) is 4.89. The van der Waals surface area contributed by atoms with Crippen LogP contribution in [0.4, 0.5) is 8.78 Å². The fraction of sp³-hybridized carbons (Fsp3) is 0.462. The zero-order valence-electron chi connectivity index (χ0n) is 10.3. The molecule has 1 aliphatic rings. The first-order chi connectivity index (χ1) is 9.05. The number of isocyanates is 1. The molecule has 0 aliphatic heterocycles. The first kappa shape index (κ1) is 14.0. The average molecular weight is 288 g/mol. The molecule has 2 rings (SSSR count). The maximum absolute atomic E-state index is 13.9. The molecular weight excluding hydrogens is 276 g/mol. The molecule has 19 heavy (non-hydrogen) atoms. The summed E-state index contributed by atoms with van der Waals surface area (Å²) in [5, 5.41) is -0.621. The lowest BCUT2D eigenvalue weighted by molar-refractivity contribution is 0.354. The standard InChI is InChI=1S/C13H12ClF2NO2/c1-19-12-8(6-9(15)10(14)11(12)16)13(17-7-18)4-2-3-5-13/h6H,2-5H2,1H3. The van der Waals surface area contributed by atoms with E-state index >= 15 is 0 Å². The predicted molar refractivity (Wildman–Crippen MR) is 66.2 cm³/mol. The van der Waals surface area contributed by atoms with Gasteiger partial charge in [-0.15, -0.1) is 0 Å². The summed E-state index contributed by atoms with van der Waals surface area (Å²) < 4.78 is 32.6. The monoisotopic (exact) mass is 287 g/mol. The molecule has 0 spiro atoms. The number of carbonyl (C=O) groups excluding carboxylic acids is 1. The highest BCUT2D eigenvalue weighted by Gasteiger charge is 2.40. The minimum absolute atomic E-state index is 0.160. The Labute approximate surface area is 114 Å². The number of hydrogen-bond acceptors (Lipinski definition) is 3. The van der Waals surface area contributed by atoms with E-state index in [-0.39, 0.29) is 11.3 Å². The highest BCUT2D eigenvalue weighted by molar-refractivity contribution is 6.31. The van der Waals surface area contributed by atoms with Gasteiger partial charge in [0.05, 0.1) is 7.11 Å². The molecule has 0 aromatic heterocycles. The summed E-state index contributed by atoms with van der Waals surface area (Å²) in [6.07, 6.45) is 4.19. The van der Waals surface area contributed by atoms with Crippen LogP contribution in [0.5, 0.6) is 5.75 Å². The van der Waals surface area contributed by atoms with Crippen molar-refractivity contribution in [3.8, 4) is 5.75 Å². The topological polar surface area (TPSA) is 38.7 Å². The van der Waals surface area contributed by atoms with Crippen LogP contribution in [0.15, 0.2) is 11.1 Å². The summed E-state index contributed by atoms with van der Waals surface area (Å²) in [7, 11) is 1.27. The average Bonchev–Trinajstić information content (AvgIpc) is 2.86. The molecule has 1 aromatic rings. The Hall–Kier alpha value is -1.45. The van der Waals surface area contributed by atoms with E-state index in [4.69, 9.17) is 16.3 Å². The summed E-state index contributed by atoms with van der Waals surface area (Å²) >= 11 is 5.52. The molecule has 102 valence electrons. The number of aliphatic imine (C=N–C) groups is 1. The van der Waals surface area contributed by atoms with Gasteiger partial charge < -0.3 is 4.74 Å². The maximum Gasteiger partial charge on any atom is 0.235 e. The molecular formula is C13H12ClF2NO2. The third-order valence-electron chi connectivity index (χ3n) is 3.51. The minimum atomic E-state index is -0.966. The molecule has 6 heteroatoms. The van der Waals surface area contributed by atoms with Gasteiger partial charge >= 0.3 is 0 Å². The van der Waals surface area contributed by atoms with Gasteiger partial charge in [-0.25, -0.2) is 13.6 Å².